The normalized spacial score (nSPS) is 11.0. The molecule has 0 bridgehead atoms. The van der Waals surface area contributed by atoms with Crippen LogP contribution in [0, 0.1) is 0 Å². The van der Waals surface area contributed by atoms with E-state index in [1.807, 2.05) is 17.5 Å². The third kappa shape index (κ3) is 3.20. The molecule has 0 aliphatic heterocycles. The minimum atomic E-state index is 0.143. The second-order valence-electron chi connectivity index (χ2n) is 4.91. The molecule has 0 fully saturated rings. The van der Waals surface area contributed by atoms with Crippen molar-refractivity contribution in [1.82, 2.24) is 4.98 Å². The molecular weight excluding hydrogens is 278 g/mol. The van der Waals surface area contributed by atoms with Crippen LogP contribution >= 0.6 is 11.3 Å². The molecule has 0 spiro atoms. The van der Waals surface area contributed by atoms with E-state index in [-0.39, 0.29) is 12.5 Å². The summed E-state index contributed by atoms with van der Waals surface area (Å²) in [6.45, 7) is 0.143. The number of hydrogen-bond donors (Lipinski definition) is 1. The Balaban J connectivity index is 2.03. The van der Waals surface area contributed by atoms with Gasteiger partial charge in [-0.2, -0.15) is 0 Å². The first-order valence-corrected chi connectivity index (χ1v) is 7.91. The highest BCUT2D eigenvalue weighted by atomic mass is 32.1. The zero-order valence-corrected chi connectivity index (χ0v) is 12.5. The van der Waals surface area contributed by atoms with E-state index in [1.54, 1.807) is 11.3 Å². The van der Waals surface area contributed by atoms with Gasteiger partial charge in [0.1, 0.15) is 5.01 Å². The Labute approximate surface area is 128 Å². The number of hydrogen-bond acceptors (Lipinski definition) is 3. The Hall–Kier alpha value is -1.97. The van der Waals surface area contributed by atoms with E-state index in [4.69, 9.17) is 10.1 Å². The van der Waals surface area contributed by atoms with Crippen LogP contribution < -0.4 is 0 Å². The van der Waals surface area contributed by atoms with Gasteiger partial charge in [0.05, 0.1) is 11.6 Å². The predicted octanol–water partition coefficient (Wildman–Crippen LogP) is 3.86. The minimum Gasteiger partial charge on any atom is -0.396 e. The summed E-state index contributed by atoms with van der Waals surface area (Å²) < 4.78 is 0. The van der Waals surface area contributed by atoms with Crippen LogP contribution in [0.2, 0.25) is 0 Å². The fraction of sp³-hybridized carbons (Fsp3) is 0.167. The molecule has 2 nitrogen and oxygen atoms in total. The monoisotopic (exact) mass is 295 g/mol. The summed E-state index contributed by atoms with van der Waals surface area (Å²) in [6.07, 6.45) is 0.618. The second kappa shape index (κ2) is 6.66. The third-order valence-electron chi connectivity index (χ3n) is 3.45. The van der Waals surface area contributed by atoms with Crippen molar-refractivity contribution in [3.05, 3.63) is 87.9 Å². The minimum absolute atomic E-state index is 0.143. The largest absolute Gasteiger partial charge is 0.396 e. The van der Waals surface area contributed by atoms with Crippen LogP contribution in [0.5, 0.6) is 0 Å². The molecule has 1 aromatic heterocycles. The van der Waals surface area contributed by atoms with Crippen LogP contribution in [0.4, 0.5) is 0 Å². The molecule has 1 N–H and O–H groups in total. The second-order valence-corrected chi connectivity index (χ2v) is 5.79. The van der Waals surface area contributed by atoms with Crippen LogP contribution in [-0.2, 0) is 6.42 Å². The van der Waals surface area contributed by atoms with Crippen LogP contribution in [0.1, 0.15) is 27.7 Å². The maximum atomic E-state index is 9.07. The molecule has 2 aromatic carbocycles. The quantitative estimate of drug-likeness (QED) is 0.775. The standard InChI is InChI=1S/C18H17NOS/c20-12-11-16-13-21-18(19-16)17(14-7-3-1-4-8-14)15-9-5-2-6-10-15/h1-10,13,17,20H,11-12H2. The molecule has 3 rings (SSSR count). The number of thiazole rings is 1. The van der Waals surface area contributed by atoms with Gasteiger partial charge in [0.25, 0.3) is 0 Å². The van der Waals surface area contributed by atoms with E-state index in [2.05, 4.69) is 48.5 Å². The zero-order chi connectivity index (χ0) is 14.5. The average molecular weight is 295 g/mol. The lowest BCUT2D eigenvalue weighted by molar-refractivity contribution is 0.298. The van der Waals surface area contributed by atoms with Crippen molar-refractivity contribution < 1.29 is 5.11 Å². The van der Waals surface area contributed by atoms with Gasteiger partial charge < -0.3 is 5.11 Å². The number of aliphatic hydroxyl groups excluding tert-OH is 1. The highest BCUT2D eigenvalue weighted by molar-refractivity contribution is 7.09. The molecule has 0 unspecified atom stereocenters. The first-order valence-electron chi connectivity index (χ1n) is 7.03. The lowest BCUT2D eigenvalue weighted by Gasteiger charge is -2.15. The smallest absolute Gasteiger partial charge is 0.105 e. The number of aromatic nitrogens is 1. The summed E-state index contributed by atoms with van der Waals surface area (Å²) in [5.41, 5.74) is 3.46. The van der Waals surface area contributed by atoms with Crippen molar-refractivity contribution in [1.29, 1.82) is 0 Å². The Morgan fingerprint density at radius 1 is 0.905 bits per heavy atom. The van der Waals surface area contributed by atoms with Crippen molar-refractivity contribution >= 4 is 11.3 Å². The zero-order valence-electron chi connectivity index (χ0n) is 11.6. The maximum absolute atomic E-state index is 9.07. The molecule has 106 valence electrons. The van der Waals surface area contributed by atoms with Gasteiger partial charge in [-0.15, -0.1) is 11.3 Å². The van der Waals surface area contributed by atoms with Crippen molar-refractivity contribution in [3.63, 3.8) is 0 Å². The van der Waals surface area contributed by atoms with Gasteiger partial charge in [-0.3, -0.25) is 0 Å². The van der Waals surface area contributed by atoms with E-state index in [0.717, 1.165) is 10.7 Å². The summed E-state index contributed by atoms with van der Waals surface area (Å²) in [5.74, 6) is 0.157. The first-order chi connectivity index (χ1) is 10.4. The van der Waals surface area contributed by atoms with E-state index < -0.39 is 0 Å². The fourth-order valence-electron chi connectivity index (χ4n) is 2.45. The third-order valence-corrected chi connectivity index (χ3v) is 4.41. The van der Waals surface area contributed by atoms with Gasteiger partial charge in [0.15, 0.2) is 0 Å². The van der Waals surface area contributed by atoms with E-state index >= 15 is 0 Å². The van der Waals surface area contributed by atoms with Gasteiger partial charge in [-0.25, -0.2) is 4.98 Å². The summed E-state index contributed by atoms with van der Waals surface area (Å²) in [7, 11) is 0. The summed E-state index contributed by atoms with van der Waals surface area (Å²) >= 11 is 1.67. The van der Waals surface area contributed by atoms with Crippen molar-refractivity contribution in [2.75, 3.05) is 6.61 Å². The lowest BCUT2D eigenvalue weighted by atomic mass is 9.92. The molecule has 21 heavy (non-hydrogen) atoms. The SMILES string of the molecule is OCCc1csc(C(c2ccccc2)c2ccccc2)n1. The molecule has 0 aliphatic carbocycles. The summed E-state index contributed by atoms with van der Waals surface area (Å²) in [4.78, 5) is 4.71. The average Bonchev–Trinajstić information content (AvgIpc) is 2.98. The fourth-order valence-corrected chi connectivity index (χ4v) is 3.46. The van der Waals surface area contributed by atoms with Crippen LogP contribution in [0.3, 0.4) is 0 Å². The molecular formula is C18H17NOS. The lowest BCUT2D eigenvalue weighted by Crippen LogP contribution is -2.03. The Morgan fingerprint density at radius 3 is 2.00 bits per heavy atom. The molecule has 0 atom stereocenters. The van der Waals surface area contributed by atoms with E-state index in [9.17, 15) is 0 Å². The van der Waals surface area contributed by atoms with Crippen molar-refractivity contribution in [3.8, 4) is 0 Å². The van der Waals surface area contributed by atoms with Crippen LogP contribution in [0.15, 0.2) is 66.0 Å². The van der Waals surface area contributed by atoms with Gasteiger partial charge in [0.2, 0.25) is 0 Å². The number of rotatable bonds is 5. The van der Waals surface area contributed by atoms with Crippen LogP contribution in [-0.4, -0.2) is 16.7 Å². The Kier molecular flexibility index (Phi) is 4.43. The van der Waals surface area contributed by atoms with Crippen molar-refractivity contribution in [2.24, 2.45) is 0 Å². The Bertz CT molecular complexity index is 639. The molecule has 1 heterocycles. The first kappa shape index (κ1) is 14.0. The topological polar surface area (TPSA) is 33.1 Å². The molecule has 3 heteroatoms. The number of aliphatic hydroxyl groups is 1. The van der Waals surface area contributed by atoms with Gasteiger partial charge in [-0.05, 0) is 11.1 Å². The number of nitrogens with zero attached hydrogens (tertiary/aromatic N) is 1. The molecule has 0 saturated heterocycles. The molecule has 0 saturated carbocycles. The van der Waals surface area contributed by atoms with E-state index in [1.165, 1.54) is 11.1 Å². The molecule has 0 amide bonds. The van der Waals surface area contributed by atoms with Crippen LogP contribution in [0.25, 0.3) is 0 Å². The Morgan fingerprint density at radius 2 is 1.48 bits per heavy atom. The summed E-state index contributed by atoms with van der Waals surface area (Å²) in [6, 6.07) is 20.9. The van der Waals surface area contributed by atoms with Gasteiger partial charge in [-0.1, -0.05) is 60.7 Å². The summed E-state index contributed by atoms with van der Waals surface area (Å²) in [5, 5.41) is 12.2. The van der Waals surface area contributed by atoms with E-state index in [0.29, 0.717) is 6.42 Å². The maximum Gasteiger partial charge on any atom is 0.105 e. The predicted molar refractivity (Wildman–Crippen MR) is 86.7 cm³/mol. The van der Waals surface area contributed by atoms with Crippen molar-refractivity contribution in [2.45, 2.75) is 12.3 Å². The number of benzene rings is 2. The van der Waals surface area contributed by atoms with Gasteiger partial charge in [0, 0.05) is 18.4 Å². The molecule has 0 aliphatic rings. The highest BCUT2D eigenvalue weighted by Gasteiger charge is 2.19. The molecule has 3 aromatic rings. The van der Waals surface area contributed by atoms with Gasteiger partial charge >= 0.3 is 0 Å². The highest BCUT2D eigenvalue weighted by Crippen LogP contribution is 2.33. The molecule has 0 radical (unpaired) electrons.